The molecule has 0 fully saturated rings. The van der Waals surface area contributed by atoms with Crippen LogP contribution in [0.2, 0.25) is 0 Å². The lowest BCUT2D eigenvalue weighted by atomic mass is 10.4. The van der Waals surface area contributed by atoms with E-state index < -0.39 is 0 Å². The molecule has 0 spiro atoms. The van der Waals surface area contributed by atoms with Gasteiger partial charge in [-0.15, -0.1) is 0 Å². The summed E-state index contributed by atoms with van der Waals surface area (Å²) in [6, 6.07) is 1.79. The van der Waals surface area contributed by atoms with Crippen LogP contribution in [-0.2, 0) is 6.54 Å². The van der Waals surface area contributed by atoms with E-state index in [0.717, 1.165) is 10.3 Å². The van der Waals surface area contributed by atoms with Crippen LogP contribution in [0.25, 0.3) is 0 Å². The molecule has 0 saturated carbocycles. The molecular weight excluding hydrogens is 182 g/mol. The second-order valence-electron chi connectivity index (χ2n) is 1.54. The summed E-state index contributed by atoms with van der Waals surface area (Å²) in [4.78, 5) is 7.73. The van der Waals surface area contributed by atoms with Crippen LogP contribution in [0.5, 0.6) is 0 Å². The molecule has 4 heteroatoms. The Bertz CT molecular complexity index is 201. The van der Waals surface area contributed by atoms with Gasteiger partial charge in [0.05, 0.1) is 5.69 Å². The molecule has 0 radical (unpaired) electrons. The molecule has 1 aromatic rings. The summed E-state index contributed by atoms with van der Waals surface area (Å²) in [6.07, 6.45) is 1.48. The first-order chi connectivity index (χ1) is 4.33. The molecule has 3 nitrogen and oxygen atoms in total. The summed E-state index contributed by atoms with van der Waals surface area (Å²) in [5, 5.41) is 0. The minimum absolute atomic E-state index is 0.459. The molecule has 9 heavy (non-hydrogen) atoms. The van der Waals surface area contributed by atoms with Crippen molar-refractivity contribution >= 4 is 15.9 Å². The van der Waals surface area contributed by atoms with Crippen molar-refractivity contribution < 1.29 is 0 Å². The summed E-state index contributed by atoms with van der Waals surface area (Å²) in [5.74, 6) is 0. The third-order valence-electron chi connectivity index (χ3n) is 0.899. The molecule has 1 rings (SSSR count). The van der Waals surface area contributed by atoms with Crippen molar-refractivity contribution in [2.24, 2.45) is 5.73 Å². The second-order valence-corrected chi connectivity index (χ2v) is 2.35. The Kier molecular flexibility index (Phi) is 2.13. The lowest BCUT2D eigenvalue weighted by Crippen LogP contribution is -1.99. The predicted molar refractivity (Wildman–Crippen MR) is 37.6 cm³/mol. The number of nitrogens with two attached hydrogens (primary N) is 1. The third kappa shape index (κ3) is 1.73. The van der Waals surface area contributed by atoms with E-state index in [1.807, 2.05) is 0 Å². The third-order valence-corrected chi connectivity index (χ3v) is 1.33. The monoisotopic (exact) mass is 187 g/mol. The standard InChI is InChI=1S/C5H6BrN3/c6-5-1-4(2-7)8-3-9-5/h1,3H,2,7H2. The van der Waals surface area contributed by atoms with Gasteiger partial charge in [0.2, 0.25) is 0 Å². The van der Waals surface area contributed by atoms with Crippen molar-refractivity contribution in [1.82, 2.24) is 9.97 Å². The normalized spacial score (nSPS) is 9.56. The van der Waals surface area contributed by atoms with Crippen molar-refractivity contribution in [2.45, 2.75) is 6.54 Å². The first-order valence-corrected chi connectivity index (χ1v) is 3.28. The summed E-state index contributed by atoms with van der Waals surface area (Å²) < 4.78 is 0.776. The first-order valence-electron chi connectivity index (χ1n) is 2.49. The molecule has 0 bridgehead atoms. The summed E-state index contributed by atoms with van der Waals surface area (Å²) in [6.45, 7) is 0.459. The van der Waals surface area contributed by atoms with Crippen LogP contribution in [0.15, 0.2) is 17.0 Å². The molecule has 0 atom stereocenters. The summed E-state index contributed by atoms with van der Waals surface area (Å²) >= 11 is 3.20. The van der Waals surface area contributed by atoms with Crippen LogP contribution >= 0.6 is 15.9 Å². The Morgan fingerprint density at radius 2 is 2.33 bits per heavy atom. The average molecular weight is 188 g/mol. The van der Waals surface area contributed by atoms with E-state index in [9.17, 15) is 0 Å². The minimum atomic E-state index is 0.459. The predicted octanol–water partition coefficient (Wildman–Crippen LogP) is 0.698. The molecule has 2 N–H and O–H groups in total. The smallest absolute Gasteiger partial charge is 0.117 e. The highest BCUT2D eigenvalue weighted by Gasteiger charge is 1.90. The Morgan fingerprint density at radius 3 is 2.78 bits per heavy atom. The number of hydrogen-bond acceptors (Lipinski definition) is 3. The summed E-state index contributed by atoms with van der Waals surface area (Å²) in [5.41, 5.74) is 6.15. The molecule has 48 valence electrons. The van der Waals surface area contributed by atoms with Crippen molar-refractivity contribution in [1.29, 1.82) is 0 Å². The van der Waals surface area contributed by atoms with Gasteiger partial charge in [0.1, 0.15) is 10.9 Å². The van der Waals surface area contributed by atoms with E-state index in [0.29, 0.717) is 6.54 Å². The highest BCUT2D eigenvalue weighted by molar-refractivity contribution is 9.10. The quantitative estimate of drug-likeness (QED) is 0.660. The highest BCUT2D eigenvalue weighted by atomic mass is 79.9. The Balaban J connectivity index is 2.94. The number of halogens is 1. The van der Waals surface area contributed by atoms with Gasteiger partial charge in [-0.05, 0) is 22.0 Å². The van der Waals surface area contributed by atoms with E-state index >= 15 is 0 Å². The number of rotatable bonds is 1. The van der Waals surface area contributed by atoms with E-state index in [4.69, 9.17) is 5.73 Å². The molecule has 0 unspecified atom stereocenters. The molecule has 0 saturated heterocycles. The van der Waals surface area contributed by atoms with Crippen molar-refractivity contribution in [3.8, 4) is 0 Å². The minimum Gasteiger partial charge on any atom is -0.325 e. The van der Waals surface area contributed by atoms with E-state index in [1.165, 1.54) is 6.33 Å². The largest absolute Gasteiger partial charge is 0.325 e. The van der Waals surface area contributed by atoms with Crippen molar-refractivity contribution in [2.75, 3.05) is 0 Å². The lowest BCUT2D eigenvalue weighted by molar-refractivity contribution is 0.955. The molecular formula is C5H6BrN3. The zero-order valence-electron chi connectivity index (χ0n) is 4.71. The van der Waals surface area contributed by atoms with Crippen LogP contribution in [0, 0.1) is 0 Å². The van der Waals surface area contributed by atoms with Gasteiger partial charge in [-0.3, -0.25) is 0 Å². The van der Waals surface area contributed by atoms with E-state index in [2.05, 4.69) is 25.9 Å². The van der Waals surface area contributed by atoms with Crippen LogP contribution in [0.1, 0.15) is 5.69 Å². The molecule has 0 amide bonds. The van der Waals surface area contributed by atoms with Gasteiger partial charge in [0, 0.05) is 6.54 Å². The van der Waals surface area contributed by atoms with Crippen molar-refractivity contribution in [3.63, 3.8) is 0 Å². The molecule has 0 aliphatic heterocycles. The van der Waals surface area contributed by atoms with Gasteiger partial charge >= 0.3 is 0 Å². The maximum Gasteiger partial charge on any atom is 0.117 e. The zero-order chi connectivity index (χ0) is 6.69. The molecule has 0 aliphatic rings. The van der Waals surface area contributed by atoms with Gasteiger partial charge in [0.25, 0.3) is 0 Å². The molecule has 1 heterocycles. The maximum atomic E-state index is 5.31. The molecule has 0 aromatic carbocycles. The van der Waals surface area contributed by atoms with Crippen LogP contribution < -0.4 is 5.73 Å². The van der Waals surface area contributed by atoms with Gasteiger partial charge in [-0.1, -0.05) is 0 Å². The van der Waals surface area contributed by atoms with Gasteiger partial charge in [-0.2, -0.15) is 0 Å². The zero-order valence-corrected chi connectivity index (χ0v) is 6.30. The Labute approximate surface area is 61.4 Å². The van der Waals surface area contributed by atoms with Crippen molar-refractivity contribution in [3.05, 3.63) is 22.7 Å². The number of aromatic nitrogens is 2. The second kappa shape index (κ2) is 2.89. The average Bonchev–Trinajstić information content (AvgIpc) is 1.88. The van der Waals surface area contributed by atoms with Crippen LogP contribution in [0.3, 0.4) is 0 Å². The summed E-state index contributed by atoms with van der Waals surface area (Å²) in [7, 11) is 0. The Morgan fingerprint density at radius 1 is 1.56 bits per heavy atom. The fourth-order valence-electron chi connectivity index (χ4n) is 0.482. The fourth-order valence-corrected chi connectivity index (χ4v) is 0.838. The van der Waals surface area contributed by atoms with E-state index in [1.54, 1.807) is 6.07 Å². The Hall–Kier alpha value is -0.480. The van der Waals surface area contributed by atoms with Crippen LogP contribution in [0.4, 0.5) is 0 Å². The molecule has 0 aliphatic carbocycles. The number of nitrogens with zero attached hydrogens (tertiary/aromatic N) is 2. The SMILES string of the molecule is NCc1cc(Br)ncn1. The van der Waals surface area contributed by atoms with Gasteiger partial charge in [-0.25, -0.2) is 9.97 Å². The van der Waals surface area contributed by atoms with Gasteiger partial charge in [0.15, 0.2) is 0 Å². The number of hydrogen-bond donors (Lipinski definition) is 1. The molecule has 1 aromatic heterocycles. The van der Waals surface area contributed by atoms with Gasteiger partial charge < -0.3 is 5.73 Å². The maximum absolute atomic E-state index is 5.31. The topological polar surface area (TPSA) is 51.8 Å². The van der Waals surface area contributed by atoms with E-state index in [-0.39, 0.29) is 0 Å². The highest BCUT2D eigenvalue weighted by Crippen LogP contribution is 2.03. The van der Waals surface area contributed by atoms with Crippen LogP contribution in [-0.4, -0.2) is 9.97 Å². The fraction of sp³-hybridized carbons (Fsp3) is 0.200. The first kappa shape index (κ1) is 6.64. The lowest BCUT2D eigenvalue weighted by Gasteiger charge is -1.92.